The normalized spacial score (nSPS) is 10.2. The van der Waals surface area contributed by atoms with Crippen molar-refractivity contribution < 1.29 is 4.39 Å². The van der Waals surface area contributed by atoms with Crippen molar-refractivity contribution in [2.24, 2.45) is 0 Å². The summed E-state index contributed by atoms with van der Waals surface area (Å²) in [5.74, 6) is -0.189. The van der Waals surface area contributed by atoms with Crippen molar-refractivity contribution in [1.82, 2.24) is 4.98 Å². The number of nitrogens with one attached hydrogen (secondary N) is 1. The van der Waals surface area contributed by atoms with Crippen LogP contribution < -0.4 is 5.32 Å². The zero-order valence-corrected chi connectivity index (χ0v) is 11.0. The number of aromatic nitrogens is 1. The van der Waals surface area contributed by atoms with Crippen molar-refractivity contribution in [3.05, 3.63) is 71.9 Å². The summed E-state index contributed by atoms with van der Waals surface area (Å²) in [6.45, 7) is 5.92. The zero-order valence-electron chi connectivity index (χ0n) is 11.0. The van der Waals surface area contributed by atoms with Gasteiger partial charge in [0.25, 0.3) is 0 Å². The molecule has 0 fully saturated rings. The lowest BCUT2D eigenvalue weighted by atomic mass is 10.1. The van der Waals surface area contributed by atoms with Gasteiger partial charge < -0.3 is 5.32 Å². The van der Waals surface area contributed by atoms with Gasteiger partial charge in [0.2, 0.25) is 0 Å². The Morgan fingerprint density at radius 2 is 2.05 bits per heavy atom. The molecule has 0 saturated carbocycles. The third kappa shape index (κ3) is 3.65. The average molecular weight is 256 g/mol. The summed E-state index contributed by atoms with van der Waals surface area (Å²) < 4.78 is 13.5. The second-order valence-corrected chi connectivity index (χ2v) is 4.39. The number of hydrogen-bond donors (Lipinski definition) is 1. The molecule has 0 bridgehead atoms. The molecular weight excluding hydrogens is 239 g/mol. The van der Waals surface area contributed by atoms with Crippen LogP contribution in [0.15, 0.2) is 54.9 Å². The molecule has 1 heterocycles. The van der Waals surface area contributed by atoms with E-state index in [-0.39, 0.29) is 5.82 Å². The number of allylic oxidation sites excluding steroid dienone is 1. The number of anilines is 1. The monoisotopic (exact) mass is 256 g/mol. The number of benzene rings is 1. The molecule has 0 aliphatic carbocycles. The molecule has 0 aliphatic rings. The fourth-order valence-electron chi connectivity index (χ4n) is 1.73. The van der Waals surface area contributed by atoms with Crippen LogP contribution in [0.4, 0.5) is 10.1 Å². The van der Waals surface area contributed by atoms with Crippen LogP contribution in [0.25, 0.3) is 0 Å². The van der Waals surface area contributed by atoms with Crippen LogP contribution in [0, 0.1) is 5.82 Å². The summed E-state index contributed by atoms with van der Waals surface area (Å²) in [5.41, 5.74) is 3.36. The first-order valence-corrected chi connectivity index (χ1v) is 6.32. The predicted octanol–water partition coefficient (Wildman–Crippen LogP) is 4.15. The molecular formula is C16H17FN2. The van der Waals surface area contributed by atoms with E-state index in [2.05, 4.69) is 16.9 Å². The van der Waals surface area contributed by atoms with Crippen LogP contribution in [0.5, 0.6) is 0 Å². The molecule has 19 heavy (non-hydrogen) atoms. The Labute approximate surface area is 113 Å². The van der Waals surface area contributed by atoms with Gasteiger partial charge in [0.15, 0.2) is 0 Å². The molecule has 0 unspecified atom stereocenters. The lowest BCUT2D eigenvalue weighted by molar-refractivity contribution is 0.613. The SMILES string of the molecule is C=C(CC)Nc1ccc(Cc2ccccc2F)nc1. The van der Waals surface area contributed by atoms with Gasteiger partial charge in [-0.1, -0.05) is 31.7 Å². The van der Waals surface area contributed by atoms with Gasteiger partial charge in [-0.3, -0.25) is 4.98 Å². The first kappa shape index (κ1) is 13.3. The van der Waals surface area contributed by atoms with Crippen LogP contribution in [0.1, 0.15) is 24.6 Å². The Hall–Kier alpha value is -2.16. The van der Waals surface area contributed by atoms with E-state index in [1.165, 1.54) is 6.07 Å². The van der Waals surface area contributed by atoms with Crippen molar-refractivity contribution in [2.45, 2.75) is 19.8 Å². The Morgan fingerprint density at radius 3 is 2.68 bits per heavy atom. The van der Waals surface area contributed by atoms with Gasteiger partial charge in [0, 0.05) is 17.8 Å². The van der Waals surface area contributed by atoms with Crippen LogP contribution in [-0.4, -0.2) is 4.98 Å². The second-order valence-electron chi connectivity index (χ2n) is 4.39. The standard InChI is InChI=1S/C16H17FN2/c1-3-12(2)19-15-9-8-14(18-11-15)10-13-6-4-5-7-16(13)17/h4-9,11,19H,2-3,10H2,1H3. The topological polar surface area (TPSA) is 24.9 Å². The maximum atomic E-state index is 13.5. The fraction of sp³-hybridized carbons (Fsp3) is 0.188. The van der Waals surface area contributed by atoms with Crippen molar-refractivity contribution >= 4 is 5.69 Å². The largest absolute Gasteiger partial charge is 0.358 e. The van der Waals surface area contributed by atoms with Gasteiger partial charge in [-0.25, -0.2) is 4.39 Å². The van der Waals surface area contributed by atoms with Gasteiger partial charge in [0.05, 0.1) is 11.9 Å². The minimum atomic E-state index is -0.189. The third-order valence-electron chi connectivity index (χ3n) is 2.90. The minimum Gasteiger partial charge on any atom is -0.358 e. The first-order chi connectivity index (χ1) is 9.19. The van der Waals surface area contributed by atoms with E-state index < -0.39 is 0 Å². The van der Waals surface area contributed by atoms with Gasteiger partial charge in [-0.2, -0.15) is 0 Å². The van der Waals surface area contributed by atoms with Gasteiger partial charge >= 0.3 is 0 Å². The summed E-state index contributed by atoms with van der Waals surface area (Å²) in [6, 6.07) is 10.6. The van der Waals surface area contributed by atoms with E-state index in [1.807, 2.05) is 25.1 Å². The van der Waals surface area contributed by atoms with Crippen molar-refractivity contribution in [3.63, 3.8) is 0 Å². The number of nitrogens with zero attached hydrogens (tertiary/aromatic N) is 1. The third-order valence-corrected chi connectivity index (χ3v) is 2.90. The molecule has 98 valence electrons. The Morgan fingerprint density at radius 1 is 1.26 bits per heavy atom. The van der Waals surface area contributed by atoms with Gasteiger partial charge in [0.1, 0.15) is 5.82 Å². The number of halogens is 1. The van der Waals surface area contributed by atoms with E-state index >= 15 is 0 Å². The van der Waals surface area contributed by atoms with Crippen LogP contribution in [0.3, 0.4) is 0 Å². The lowest BCUT2D eigenvalue weighted by Gasteiger charge is -2.08. The van der Waals surface area contributed by atoms with E-state index in [0.717, 1.165) is 23.5 Å². The zero-order chi connectivity index (χ0) is 13.7. The molecule has 1 aromatic carbocycles. The van der Waals surface area contributed by atoms with E-state index in [0.29, 0.717) is 12.0 Å². The molecule has 0 aliphatic heterocycles. The average Bonchev–Trinajstić information content (AvgIpc) is 2.43. The molecule has 0 radical (unpaired) electrons. The van der Waals surface area contributed by atoms with Crippen molar-refractivity contribution in [3.8, 4) is 0 Å². The molecule has 2 rings (SSSR count). The van der Waals surface area contributed by atoms with Crippen LogP contribution in [0.2, 0.25) is 0 Å². The quantitative estimate of drug-likeness (QED) is 0.869. The summed E-state index contributed by atoms with van der Waals surface area (Å²) in [4.78, 5) is 4.33. The molecule has 0 saturated heterocycles. The Bertz CT molecular complexity index is 561. The highest BCUT2D eigenvalue weighted by molar-refractivity contribution is 5.46. The van der Waals surface area contributed by atoms with Crippen molar-refractivity contribution in [1.29, 1.82) is 0 Å². The van der Waals surface area contributed by atoms with Crippen LogP contribution in [-0.2, 0) is 6.42 Å². The smallest absolute Gasteiger partial charge is 0.126 e. The summed E-state index contributed by atoms with van der Waals surface area (Å²) >= 11 is 0. The first-order valence-electron chi connectivity index (χ1n) is 6.32. The molecule has 0 amide bonds. The molecule has 0 atom stereocenters. The van der Waals surface area contributed by atoms with E-state index in [1.54, 1.807) is 18.3 Å². The minimum absolute atomic E-state index is 0.189. The molecule has 1 N–H and O–H groups in total. The van der Waals surface area contributed by atoms with E-state index in [9.17, 15) is 4.39 Å². The second kappa shape index (κ2) is 6.14. The maximum absolute atomic E-state index is 13.5. The molecule has 0 spiro atoms. The Balaban J connectivity index is 2.07. The summed E-state index contributed by atoms with van der Waals surface area (Å²) in [6.07, 6.45) is 3.12. The number of hydrogen-bond acceptors (Lipinski definition) is 2. The fourth-order valence-corrected chi connectivity index (χ4v) is 1.73. The van der Waals surface area contributed by atoms with E-state index in [4.69, 9.17) is 0 Å². The molecule has 2 aromatic rings. The number of pyridine rings is 1. The van der Waals surface area contributed by atoms with Gasteiger partial charge in [-0.05, 0) is 30.2 Å². The number of rotatable bonds is 5. The maximum Gasteiger partial charge on any atom is 0.126 e. The highest BCUT2D eigenvalue weighted by atomic mass is 19.1. The van der Waals surface area contributed by atoms with Crippen molar-refractivity contribution in [2.75, 3.05) is 5.32 Å². The summed E-state index contributed by atoms with van der Waals surface area (Å²) in [7, 11) is 0. The lowest BCUT2D eigenvalue weighted by Crippen LogP contribution is -1.99. The predicted molar refractivity (Wildman–Crippen MR) is 76.5 cm³/mol. The molecule has 3 heteroatoms. The summed E-state index contributed by atoms with van der Waals surface area (Å²) in [5, 5.41) is 3.16. The highest BCUT2D eigenvalue weighted by Gasteiger charge is 2.03. The van der Waals surface area contributed by atoms with Gasteiger partial charge in [-0.15, -0.1) is 0 Å². The van der Waals surface area contributed by atoms with Crippen LogP contribution >= 0.6 is 0 Å². The molecule has 2 nitrogen and oxygen atoms in total. The molecule has 1 aromatic heterocycles. The Kier molecular flexibility index (Phi) is 4.29. The highest BCUT2D eigenvalue weighted by Crippen LogP contribution is 2.14.